The largest absolute Gasteiger partial charge is 0.364 e. The molecule has 2 aromatic carbocycles. The third kappa shape index (κ3) is 3.27. The number of hydrogen-bond donors (Lipinski definition) is 0. The number of amides is 2. The highest BCUT2D eigenvalue weighted by Gasteiger charge is 2.39. The zero-order valence-corrected chi connectivity index (χ0v) is 15.6. The van der Waals surface area contributed by atoms with Crippen molar-refractivity contribution in [1.29, 1.82) is 0 Å². The maximum Gasteiger partial charge on any atom is 0.263 e. The molecule has 1 atom stereocenters. The number of imide groups is 1. The predicted molar refractivity (Wildman–Crippen MR) is 108 cm³/mol. The lowest BCUT2D eigenvalue weighted by atomic mass is 9.99. The summed E-state index contributed by atoms with van der Waals surface area (Å²) in [5, 5.41) is 0. The quantitative estimate of drug-likeness (QED) is 0.769. The van der Waals surface area contributed by atoms with Crippen LogP contribution in [0.2, 0.25) is 0 Å². The van der Waals surface area contributed by atoms with Crippen LogP contribution in [0.15, 0.2) is 66.2 Å². The normalized spacial score (nSPS) is 20.6. The SMILES string of the molecule is Cc1ccccc1N1CCCCCC1C1=CC(=O)N(c2ccccc2)C1=O. The van der Waals surface area contributed by atoms with Crippen molar-refractivity contribution in [2.75, 3.05) is 16.3 Å². The van der Waals surface area contributed by atoms with Gasteiger partial charge in [0.1, 0.15) is 0 Å². The highest BCUT2D eigenvalue weighted by Crippen LogP contribution is 2.34. The molecule has 0 saturated carbocycles. The van der Waals surface area contributed by atoms with Crippen molar-refractivity contribution >= 4 is 23.2 Å². The molecule has 0 radical (unpaired) electrons. The summed E-state index contributed by atoms with van der Waals surface area (Å²) >= 11 is 0. The fourth-order valence-electron chi connectivity index (χ4n) is 4.15. The summed E-state index contributed by atoms with van der Waals surface area (Å²) in [6, 6.07) is 17.4. The Morgan fingerprint density at radius 1 is 0.889 bits per heavy atom. The van der Waals surface area contributed by atoms with Gasteiger partial charge >= 0.3 is 0 Å². The molecule has 0 N–H and O–H groups in total. The predicted octanol–water partition coefficient (Wildman–Crippen LogP) is 4.24. The van der Waals surface area contributed by atoms with E-state index in [1.165, 1.54) is 10.5 Å². The Balaban J connectivity index is 1.69. The molecule has 4 nitrogen and oxygen atoms in total. The van der Waals surface area contributed by atoms with Gasteiger partial charge in [-0.2, -0.15) is 0 Å². The van der Waals surface area contributed by atoms with Crippen molar-refractivity contribution in [1.82, 2.24) is 0 Å². The Hall–Kier alpha value is -2.88. The van der Waals surface area contributed by atoms with Crippen molar-refractivity contribution in [2.45, 2.75) is 38.6 Å². The lowest BCUT2D eigenvalue weighted by Gasteiger charge is -2.34. The van der Waals surface area contributed by atoms with Crippen LogP contribution >= 0.6 is 0 Å². The van der Waals surface area contributed by atoms with Gasteiger partial charge in [-0.1, -0.05) is 49.2 Å². The number of benzene rings is 2. The molecule has 0 aliphatic carbocycles. The Morgan fingerprint density at radius 3 is 2.41 bits per heavy atom. The molecule has 1 saturated heterocycles. The summed E-state index contributed by atoms with van der Waals surface area (Å²) in [6.45, 7) is 3.00. The highest BCUT2D eigenvalue weighted by atomic mass is 16.2. The van der Waals surface area contributed by atoms with Crippen molar-refractivity contribution < 1.29 is 9.59 Å². The minimum atomic E-state index is -0.241. The van der Waals surface area contributed by atoms with E-state index in [0.717, 1.165) is 37.9 Å². The summed E-state index contributed by atoms with van der Waals surface area (Å²) in [7, 11) is 0. The second-order valence-electron chi connectivity index (χ2n) is 7.26. The van der Waals surface area contributed by atoms with Crippen LogP contribution in [-0.2, 0) is 9.59 Å². The Bertz CT molecular complexity index is 888. The van der Waals surface area contributed by atoms with E-state index in [-0.39, 0.29) is 17.9 Å². The first-order chi connectivity index (χ1) is 13.2. The number of aryl methyl sites for hydroxylation is 1. The second kappa shape index (κ2) is 7.39. The number of nitrogens with zero attached hydrogens (tertiary/aromatic N) is 2. The number of anilines is 2. The molecule has 0 aromatic heterocycles. The molecule has 2 heterocycles. The Kier molecular flexibility index (Phi) is 4.80. The summed E-state index contributed by atoms with van der Waals surface area (Å²) in [4.78, 5) is 29.5. The van der Waals surface area contributed by atoms with E-state index in [1.54, 1.807) is 18.2 Å². The second-order valence-corrected chi connectivity index (χ2v) is 7.26. The average Bonchev–Trinajstić information content (AvgIpc) is 2.85. The maximum absolute atomic E-state index is 13.2. The molecule has 1 fully saturated rings. The molecule has 4 rings (SSSR count). The van der Waals surface area contributed by atoms with Gasteiger partial charge in [-0.25, -0.2) is 4.90 Å². The third-order valence-corrected chi connectivity index (χ3v) is 5.50. The van der Waals surface area contributed by atoms with Gasteiger partial charge in [-0.3, -0.25) is 9.59 Å². The van der Waals surface area contributed by atoms with Gasteiger partial charge in [0, 0.05) is 23.9 Å². The van der Waals surface area contributed by atoms with Gasteiger partial charge in [-0.05, 0) is 43.5 Å². The van der Waals surface area contributed by atoms with Crippen molar-refractivity contribution in [2.24, 2.45) is 0 Å². The van der Waals surface area contributed by atoms with Crippen molar-refractivity contribution in [3.8, 4) is 0 Å². The number of para-hydroxylation sites is 2. The fraction of sp³-hybridized carbons (Fsp3) is 0.304. The standard InChI is InChI=1S/C23H24N2O2/c1-17-10-7-8-13-20(17)24-15-9-3-6-14-21(24)19-16-22(26)25(23(19)27)18-11-4-2-5-12-18/h2,4-5,7-8,10-13,16,21H,3,6,9,14-15H2,1H3. The van der Waals surface area contributed by atoms with Crippen LogP contribution in [-0.4, -0.2) is 24.4 Å². The highest BCUT2D eigenvalue weighted by molar-refractivity contribution is 6.31. The van der Waals surface area contributed by atoms with Crippen LogP contribution in [0.25, 0.3) is 0 Å². The zero-order valence-electron chi connectivity index (χ0n) is 15.6. The first-order valence-electron chi connectivity index (χ1n) is 9.64. The van der Waals surface area contributed by atoms with E-state index in [9.17, 15) is 9.59 Å². The smallest absolute Gasteiger partial charge is 0.263 e. The molecule has 2 aliphatic rings. The van der Waals surface area contributed by atoms with Gasteiger partial charge in [0.05, 0.1) is 11.7 Å². The average molecular weight is 360 g/mol. The summed E-state index contributed by atoms with van der Waals surface area (Å²) in [5.41, 5.74) is 3.61. The minimum Gasteiger partial charge on any atom is -0.364 e. The van der Waals surface area contributed by atoms with Crippen LogP contribution in [0.3, 0.4) is 0 Å². The van der Waals surface area contributed by atoms with E-state index in [1.807, 2.05) is 30.3 Å². The molecule has 2 amide bonds. The monoisotopic (exact) mass is 360 g/mol. The molecule has 2 aromatic rings. The summed E-state index contributed by atoms with van der Waals surface area (Å²) in [5.74, 6) is -0.424. The maximum atomic E-state index is 13.2. The first-order valence-corrected chi connectivity index (χ1v) is 9.64. The third-order valence-electron chi connectivity index (χ3n) is 5.50. The van der Waals surface area contributed by atoms with Crippen molar-refractivity contribution in [3.05, 3.63) is 71.8 Å². The number of carbonyl (C=O) groups excluding carboxylic acids is 2. The lowest BCUT2D eigenvalue weighted by Crippen LogP contribution is -2.41. The molecular formula is C23H24N2O2. The zero-order chi connectivity index (χ0) is 18.8. The van der Waals surface area contributed by atoms with E-state index in [2.05, 4.69) is 24.0 Å². The van der Waals surface area contributed by atoms with Gasteiger partial charge in [0.2, 0.25) is 0 Å². The molecule has 0 bridgehead atoms. The van der Waals surface area contributed by atoms with Crippen LogP contribution in [0.4, 0.5) is 11.4 Å². The van der Waals surface area contributed by atoms with Crippen molar-refractivity contribution in [3.63, 3.8) is 0 Å². The topological polar surface area (TPSA) is 40.6 Å². The van der Waals surface area contributed by atoms with E-state index < -0.39 is 0 Å². The molecule has 2 aliphatic heterocycles. The number of carbonyl (C=O) groups is 2. The van der Waals surface area contributed by atoms with Gasteiger partial charge in [-0.15, -0.1) is 0 Å². The Labute approximate surface area is 160 Å². The minimum absolute atomic E-state index is 0.0567. The van der Waals surface area contributed by atoms with Crippen LogP contribution in [0.5, 0.6) is 0 Å². The molecule has 0 spiro atoms. The molecule has 1 unspecified atom stereocenters. The molecule has 4 heteroatoms. The number of hydrogen-bond acceptors (Lipinski definition) is 3. The summed E-state index contributed by atoms with van der Waals surface area (Å²) < 4.78 is 0. The van der Waals surface area contributed by atoms with Crippen LogP contribution in [0, 0.1) is 6.92 Å². The van der Waals surface area contributed by atoms with Gasteiger partial charge in [0.15, 0.2) is 0 Å². The van der Waals surface area contributed by atoms with E-state index >= 15 is 0 Å². The molecular weight excluding hydrogens is 336 g/mol. The van der Waals surface area contributed by atoms with Crippen LogP contribution < -0.4 is 9.80 Å². The fourth-order valence-corrected chi connectivity index (χ4v) is 4.15. The lowest BCUT2D eigenvalue weighted by molar-refractivity contribution is -0.120. The Morgan fingerprint density at radius 2 is 1.63 bits per heavy atom. The molecule has 138 valence electrons. The first kappa shape index (κ1) is 17.5. The number of rotatable bonds is 3. The van der Waals surface area contributed by atoms with E-state index in [0.29, 0.717) is 11.3 Å². The van der Waals surface area contributed by atoms with Crippen LogP contribution in [0.1, 0.15) is 31.2 Å². The molecule has 27 heavy (non-hydrogen) atoms. The van der Waals surface area contributed by atoms with E-state index in [4.69, 9.17) is 0 Å². The van der Waals surface area contributed by atoms with Gasteiger partial charge in [0.25, 0.3) is 11.8 Å². The summed E-state index contributed by atoms with van der Waals surface area (Å²) in [6.07, 6.45) is 5.76. The van der Waals surface area contributed by atoms with Gasteiger partial charge < -0.3 is 4.90 Å².